The third-order valence-corrected chi connectivity index (χ3v) is 6.32. The minimum Gasteiger partial charge on any atom is -0.370 e. The molecule has 0 radical (unpaired) electrons. The summed E-state index contributed by atoms with van der Waals surface area (Å²) in [4.78, 5) is 2.42. The average molecular weight is 427 g/mol. The van der Waals surface area contributed by atoms with Gasteiger partial charge in [0.25, 0.3) is 0 Å². The topological polar surface area (TPSA) is 33.1 Å². The van der Waals surface area contributed by atoms with Crippen LogP contribution in [0.1, 0.15) is 55.3 Å². The summed E-state index contributed by atoms with van der Waals surface area (Å²) in [6.07, 6.45) is 0.686. The molecule has 0 saturated carbocycles. The zero-order valence-corrected chi connectivity index (χ0v) is 17.3. The molecule has 4 rings (SSSR count). The molecule has 8 heteroatoms. The molecule has 0 bridgehead atoms. The van der Waals surface area contributed by atoms with Gasteiger partial charge in [-0.05, 0) is 63.4 Å². The van der Waals surface area contributed by atoms with Crippen LogP contribution in [0.4, 0.5) is 19.0 Å². The normalized spacial score (nSPS) is 20.8. The van der Waals surface area contributed by atoms with Crippen molar-refractivity contribution in [2.75, 3.05) is 31.5 Å². The van der Waals surface area contributed by atoms with Gasteiger partial charge in [-0.3, -0.25) is 0 Å². The molecule has 2 aromatic rings. The van der Waals surface area contributed by atoms with E-state index in [1.54, 1.807) is 4.68 Å². The molecule has 1 fully saturated rings. The number of likely N-dealkylation sites (N-methyl/N-ethyl adjacent to an activating group) is 1. The second-order valence-corrected chi connectivity index (χ2v) is 8.31. The highest BCUT2D eigenvalue weighted by molar-refractivity contribution is 6.32. The van der Waals surface area contributed by atoms with E-state index < -0.39 is 11.7 Å². The fourth-order valence-corrected chi connectivity index (χ4v) is 4.65. The van der Waals surface area contributed by atoms with Gasteiger partial charge in [-0.2, -0.15) is 18.3 Å². The van der Waals surface area contributed by atoms with E-state index >= 15 is 0 Å². The Morgan fingerprint density at radius 1 is 1.24 bits per heavy atom. The molecule has 1 saturated heterocycles. The number of nitrogens with zero attached hydrogens (tertiary/aromatic N) is 3. The summed E-state index contributed by atoms with van der Waals surface area (Å²) < 4.78 is 41.5. The summed E-state index contributed by atoms with van der Waals surface area (Å²) in [6, 6.07) is 3.43. The van der Waals surface area contributed by atoms with Crippen LogP contribution in [-0.4, -0.2) is 40.9 Å². The maximum absolute atomic E-state index is 13.3. The lowest BCUT2D eigenvalue weighted by molar-refractivity contribution is -0.137. The Hall–Kier alpha value is -1.73. The van der Waals surface area contributed by atoms with Gasteiger partial charge in [0, 0.05) is 24.6 Å². The van der Waals surface area contributed by atoms with Crippen LogP contribution < -0.4 is 5.32 Å². The molecule has 29 heavy (non-hydrogen) atoms. The maximum Gasteiger partial charge on any atom is 0.416 e. The van der Waals surface area contributed by atoms with Crippen molar-refractivity contribution < 1.29 is 13.2 Å². The summed E-state index contributed by atoms with van der Waals surface area (Å²) in [7, 11) is 0. The number of nitrogens with one attached hydrogen (secondary N) is 1. The van der Waals surface area contributed by atoms with Crippen LogP contribution in [0.5, 0.6) is 0 Å². The van der Waals surface area contributed by atoms with E-state index in [2.05, 4.69) is 17.1 Å². The molecule has 0 spiro atoms. The van der Waals surface area contributed by atoms with Crippen LogP contribution in [0, 0.1) is 0 Å². The number of anilines is 1. The Morgan fingerprint density at radius 3 is 2.83 bits per heavy atom. The molecule has 1 unspecified atom stereocenters. The fraction of sp³-hybridized carbons (Fsp3) is 0.571. The number of aromatic nitrogens is 2. The fourth-order valence-electron chi connectivity index (χ4n) is 4.45. The van der Waals surface area contributed by atoms with E-state index in [0.29, 0.717) is 5.92 Å². The van der Waals surface area contributed by atoms with Crippen LogP contribution in [-0.2, 0) is 12.6 Å². The number of benzene rings is 1. The SMILES string of the molecule is CCN1CCCC(c2nn(-c3cc(C(F)(F)F)ccc3Cl)c3c2CCCCN3)C1. The van der Waals surface area contributed by atoms with Crippen molar-refractivity contribution in [3.63, 3.8) is 0 Å². The lowest BCUT2D eigenvalue weighted by Crippen LogP contribution is -2.34. The number of fused-ring (bicyclic) bond motifs is 1. The third-order valence-electron chi connectivity index (χ3n) is 6.00. The first-order valence-corrected chi connectivity index (χ1v) is 10.7. The van der Waals surface area contributed by atoms with Crippen LogP contribution in [0.2, 0.25) is 5.02 Å². The molecule has 1 N–H and O–H groups in total. The van der Waals surface area contributed by atoms with Crippen LogP contribution in [0.15, 0.2) is 18.2 Å². The highest BCUT2D eigenvalue weighted by atomic mass is 35.5. The van der Waals surface area contributed by atoms with Crippen molar-refractivity contribution >= 4 is 17.4 Å². The zero-order valence-electron chi connectivity index (χ0n) is 16.5. The summed E-state index contributed by atoms with van der Waals surface area (Å²) >= 11 is 6.34. The molecule has 158 valence electrons. The first kappa shape index (κ1) is 20.5. The highest BCUT2D eigenvalue weighted by Gasteiger charge is 2.33. The molecule has 0 aliphatic carbocycles. The summed E-state index contributed by atoms with van der Waals surface area (Å²) in [5.74, 6) is 1.09. The molecule has 1 aromatic carbocycles. The quantitative estimate of drug-likeness (QED) is 0.704. The van der Waals surface area contributed by atoms with E-state index in [4.69, 9.17) is 16.7 Å². The smallest absolute Gasteiger partial charge is 0.370 e. The molecule has 1 atom stereocenters. The number of alkyl halides is 3. The third kappa shape index (κ3) is 4.12. The largest absolute Gasteiger partial charge is 0.416 e. The van der Waals surface area contributed by atoms with Crippen LogP contribution in [0.25, 0.3) is 5.69 Å². The minimum absolute atomic E-state index is 0.264. The summed E-state index contributed by atoms with van der Waals surface area (Å²) in [6.45, 7) is 5.97. The minimum atomic E-state index is -4.43. The Bertz CT molecular complexity index is 878. The number of hydrogen-bond donors (Lipinski definition) is 1. The van der Waals surface area contributed by atoms with Crippen molar-refractivity contribution in [1.29, 1.82) is 0 Å². The molecule has 2 aliphatic rings. The van der Waals surface area contributed by atoms with E-state index in [1.807, 2.05) is 0 Å². The van der Waals surface area contributed by atoms with Crippen molar-refractivity contribution in [2.24, 2.45) is 0 Å². The van der Waals surface area contributed by atoms with Gasteiger partial charge in [0.05, 0.1) is 22.0 Å². The van der Waals surface area contributed by atoms with Gasteiger partial charge >= 0.3 is 6.18 Å². The lowest BCUT2D eigenvalue weighted by atomic mass is 9.91. The highest BCUT2D eigenvalue weighted by Crippen LogP contribution is 2.38. The van der Waals surface area contributed by atoms with E-state index in [0.717, 1.165) is 87.5 Å². The van der Waals surface area contributed by atoms with Crippen LogP contribution in [0.3, 0.4) is 0 Å². The van der Waals surface area contributed by atoms with Gasteiger partial charge in [0.1, 0.15) is 5.82 Å². The number of likely N-dealkylation sites (tertiary alicyclic amines) is 1. The van der Waals surface area contributed by atoms with E-state index in [1.165, 1.54) is 6.07 Å². The van der Waals surface area contributed by atoms with Gasteiger partial charge < -0.3 is 10.2 Å². The first-order chi connectivity index (χ1) is 13.9. The van der Waals surface area contributed by atoms with Crippen molar-refractivity contribution in [3.05, 3.63) is 40.0 Å². The molecule has 1 aromatic heterocycles. The molecule has 0 amide bonds. The number of piperidine rings is 1. The lowest BCUT2D eigenvalue weighted by Gasteiger charge is -2.31. The van der Waals surface area contributed by atoms with E-state index in [9.17, 15) is 13.2 Å². The van der Waals surface area contributed by atoms with Gasteiger partial charge in [-0.15, -0.1) is 0 Å². The van der Waals surface area contributed by atoms with Gasteiger partial charge in [0.2, 0.25) is 0 Å². The Labute approximate surface area is 174 Å². The van der Waals surface area contributed by atoms with Gasteiger partial charge in [0.15, 0.2) is 0 Å². The predicted octanol–water partition coefficient (Wildman–Crippen LogP) is 5.49. The van der Waals surface area contributed by atoms with Gasteiger partial charge in [-0.1, -0.05) is 18.5 Å². The van der Waals surface area contributed by atoms with E-state index in [-0.39, 0.29) is 10.7 Å². The Kier molecular flexibility index (Phi) is 5.80. The Balaban J connectivity index is 1.82. The summed E-state index contributed by atoms with van der Waals surface area (Å²) in [5, 5.41) is 8.53. The van der Waals surface area contributed by atoms with Gasteiger partial charge in [-0.25, -0.2) is 4.68 Å². The van der Waals surface area contributed by atoms with Crippen molar-refractivity contribution in [2.45, 2.75) is 51.1 Å². The molecule has 3 heterocycles. The first-order valence-electron chi connectivity index (χ1n) is 10.3. The standard InChI is InChI=1S/C21H26ClF3N4/c1-2-28-11-5-6-14(13-28)19-16-7-3-4-10-26-20(16)29(27-19)18-12-15(21(23,24)25)8-9-17(18)22/h8-9,12,14,26H,2-7,10-11,13H2,1H3. The second-order valence-electron chi connectivity index (χ2n) is 7.90. The van der Waals surface area contributed by atoms with Crippen molar-refractivity contribution in [3.8, 4) is 5.69 Å². The van der Waals surface area contributed by atoms with Crippen molar-refractivity contribution in [1.82, 2.24) is 14.7 Å². The van der Waals surface area contributed by atoms with Crippen LogP contribution >= 0.6 is 11.6 Å². The number of hydrogen-bond acceptors (Lipinski definition) is 3. The zero-order chi connectivity index (χ0) is 20.6. The average Bonchev–Trinajstić information content (AvgIpc) is 2.88. The predicted molar refractivity (Wildman–Crippen MR) is 109 cm³/mol. The number of rotatable bonds is 3. The monoisotopic (exact) mass is 426 g/mol. The Morgan fingerprint density at radius 2 is 2.07 bits per heavy atom. The molecular formula is C21H26ClF3N4. The maximum atomic E-state index is 13.3. The molecule has 2 aliphatic heterocycles. The second kappa shape index (κ2) is 8.19. The molecular weight excluding hydrogens is 401 g/mol. The molecule has 4 nitrogen and oxygen atoms in total. The summed E-state index contributed by atoms with van der Waals surface area (Å²) in [5.41, 5.74) is 1.72. The number of halogens is 4.